The standard InChI is InChI=1S/C14H21FN2O/c1-10(16)13-9-11(15)3-4-14(13)17(2)12-5-7-18-8-6-12/h3-4,9-10,12H,5-8,16H2,1-2H3. The van der Waals surface area contributed by atoms with E-state index in [9.17, 15) is 4.39 Å². The Morgan fingerprint density at radius 3 is 2.67 bits per heavy atom. The van der Waals surface area contributed by atoms with Gasteiger partial charge in [0.1, 0.15) is 5.82 Å². The fourth-order valence-electron chi connectivity index (χ4n) is 2.48. The van der Waals surface area contributed by atoms with Crippen LogP contribution in [0.1, 0.15) is 31.4 Å². The van der Waals surface area contributed by atoms with Crippen molar-refractivity contribution in [3.63, 3.8) is 0 Å². The van der Waals surface area contributed by atoms with Crippen LogP contribution in [0.25, 0.3) is 0 Å². The minimum Gasteiger partial charge on any atom is -0.381 e. The van der Waals surface area contributed by atoms with Crippen LogP contribution in [0.5, 0.6) is 0 Å². The summed E-state index contributed by atoms with van der Waals surface area (Å²) in [6.45, 7) is 3.48. The van der Waals surface area contributed by atoms with Crippen molar-refractivity contribution in [2.75, 3.05) is 25.2 Å². The van der Waals surface area contributed by atoms with Gasteiger partial charge in [0.15, 0.2) is 0 Å². The first kappa shape index (κ1) is 13.3. The highest BCUT2D eigenvalue weighted by Gasteiger charge is 2.21. The van der Waals surface area contributed by atoms with Crippen molar-refractivity contribution >= 4 is 5.69 Å². The van der Waals surface area contributed by atoms with Crippen molar-refractivity contribution in [2.45, 2.75) is 31.8 Å². The first-order valence-electron chi connectivity index (χ1n) is 6.45. The Morgan fingerprint density at radius 1 is 1.39 bits per heavy atom. The highest BCUT2D eigenvalue weighted by atomic mass is 19.1. The van der Waals surface area contributed by atoms with Crippen LogP contribution >= 0.6 is 0 Å². The molecule has 1 aliphatic heterocycles. The van der Waals surface area contributed by atoms with Crippen molar-refractivity contribution < 1.29 is 9.13 Å². The number of nitrogens with two attached hydrogens (primary N) is 1. The molecular weight excluding hydrogens is 231 g/mol. The van der Waals surface area contributed by atoms with E-state index < -0.39 is 0 Å². The number of halogens is 1. The molecule has 100 valence electrons. The summed E-state index contributed by atoms with van der Waals surface area (Å²) < 4.78 is 18.7. The Morgan fingerprint density at radius 2 is 2.06 bits per heavy atom. The normalized spacial score (nSPS) is 18.7. The molecule has 1 saturated heterocycles. The molecule has 0 bridgehead atoms. The number of nitrogens with zero attached hydrogens (tertiary/aromatic N) is 1. The van der Waals surface area contributed by atoms with E-state index in [2.05, 4.69) is 11.9 Å². The van der Waals surface area contributed by atoms with Gasteiger partial charge in [0, 0.05) is 38.0 Å². The lowest BCUT2D eigenvalue weighted by Crippen LogP contribution is -2.37. The van der Waals surface area contributed by atoms with Gasteiger partial charge in [-0.1, -0.05) is 0 Å². The maximum absolute atomic E-state index is 13.3. The third-order valence-corrected chi connectivity index (χ3v) is 3.60. The summed E-state index contributed by atoms with van der Waals surface area (Å²) in [6.07, 6.45) is 2.01. The van der Waals surface area contributed by atoms with E-state index >= 15 is 0 Å². The number of anilines is 1. The molecule has 2 N–H and O–H groups in total. The lowest BCUT2D eigenvalue weighted by Gasteiger charge is -2.34. The largest absolute Gasteiger partial charge is 0.381 e. The Labute approximate surface area is 108 Å². The van der Waals surface area contributed by atoms with Crippen molar-refractivity contribution in [2.24, 2.45) is 5.73 Å². The molecule has 0 saturated carbocycles. The lowest BCUT2D eigenvalue weighted by atomic mass is 10.0. The average molecular weight is 252 g/mol. The molecule has 0 spiro atoms. The van der Waals surface area contributed by atoms with Gasteiger partial charge in [0.05, 0.1) is 0 Å². The molecule has 1 fully saturated rings. The van der Waals surface area contributed by atoms with E-state index in [0.29, 0.717) is 6.04 Å². The number of hydrogen-bond acceptors (Lipinski definition) is 3. The summed E-state index contributed by atoms with van der Waals surface area (Å²) >= 11 is 0. The summed E-state index contributed by atoms with van der Waals surface area (Å²) in [6, 6.07) is 5.13. The van der Waals surface area contributed by atoms with E-state index in [1.165, 1.54) is 12.1 Å². The van der Waals surface area contributed by atoms with Gasteiger partial charge >= 0.3 is 0 Å². The molecular formula is C14H21FN2O. The van der Waals surface area contributed by atoms with Crippen LogP contribution in [0.15, 0.2) is 18.2 Å². The Kier molecular flexibility index (Phi) is 4.19. The van der Waals surface area contributed by atoms with Gasteiger partial charge in [-0.15, -0.1) is 0 Å². The average Bonchev–Trinajstić information content (AvgIpc) is 2.39. The monoisotopic (exact) mass is 252 g/mol. The molecule has 1 aromatic carbocycles. The summed E-state index contributed by atoms with van der Waals surface area (Å²) in [5.74, 6) is -0.230. The Bertz CT molecular complexity index is 403. The summed E-state index contributed by atoms with van der Waals surface area (Å²) in [5, 5.41) is 0. The maximum atomic E-state index is 13.3. The maximum Gasteiger partial charge on any atom is 0.123 e. The van der Waals surface area contributed by atoms with E-state index in [0.717, 1.165) is 37.3 Å². The molecule has 3 nitrogen and oxygen atoms in total. The second-order valence-corrected chi connectivity index (χ2v) is 4.95. The van der Waals surface area contributed by atoms with Gasteiger partial charge < -0.3 is 15.4 Å². The van der Waals surface area contributed by atoms with Crippen LogP contribution in [0.2, 0.25) is 0 Å². The quantitative estimate of drug-likeness (QED) is 0.898. The van der Waals surface area contributed by atoms with E-state index in [1.54, 1.807) is 0 Å². The van der Waals surface area contributed by atoms with Gasteiger partial charge in [-0.25, -0.2) is 4.39 Å². The van der Waals surface area contributed by atoms with Crippen LogP contribution in [0.3, 0.4) is 0 Å². The van der Waals surface area contributed by atoms with Gasteiger partial charge in [-0.2, -0.15) is 0 Å². The van der Waals surface area contributed by atoms with Crippen LogP contribution in [0.4, 0.5) is 10.1 Å². The fraction of sp³-hybridized carbons (Fsp3) is 0.571. The second kappa shape index (κ2) is 5.67. The first-order valence-corrected chi connectivity index (χ1v) is 6.45. The first-order chi connectivity index (χ1) is 8.59. The molecule has 0 aromatic heterocycles. The molecule has 1 unspecified atom stereocenters. The third kappa shape index (κ3) is 2.82. The van der Waals surface area contributed by atoms with Crippen LogP contribution in [-0.4, -0.2) is 26.3 Å². The molecule has 4 heteroatoms. The lowest BCUT2D eigenvalue weighted by molar-refractivity contribution is 0.0854. The molecule has 1 aromatic rings. The molecule has 18 heavy (non-hydrogen) atoms. The van der Waals surface area contributed by atoms with Gasteiger partial charge in [-0.05, 0) is 43.5 Å². The van der Waals surface area contributed by atoms with Gasteiger partial charge in [-0.3, -0.25) is 0 Å². The predicted octanol–water partition coefficient (Wildman–Crippen LogP) is 2.46. The zero-order valence-electron chi connectivity index (χ0n) is 11.0. The molecule has 1 heterocycles. The molecule has 2 rings (SSSR count). The van der Waals surface area contributed by atoms with Crippen molar-refractivity contribution in [1.82, 2.24) is 0 Å². The fourth-order valence-corrected chi connectivity index (χ4v) is 2.48. The topological polar surface area (TPSA) is 38.5 Å². The van der Waals surface area contributed by atoms with Crippen LogP contribution in [0, 0.1) is 5.82 Å². The van der Waals surface area contributed by atoms with E-state index in [4.69, 9.17) is 10.5 Å². The highest BCUT2D eigenvalue weighted by molar-refractivity contribution is 5.55. The third-order valence-electron chi connectivity index (χ3n) is 3.60. The van der Waals surface area contributed by atoms with Crippen LogP contribution in [-0.2, 0) is 4.74 Å². The smallest absolute Gasteiger partial charge is 0.123 e. The van der Waals surface area contributed by atoms with Crippen molar-refractivity contribution in [3.05, 3.63) is 29.6 Å². The number of benzene rings is 1. The molecule has 1 aliphatic rings. The predicted molar refractivity (Wildman–Crippen MR) is 71.2 cm³/mol. The molecule has 0 radical (unpaired) electrons. The Hall–Kier alpha value is -1.13. The highest BCUT2D eigenvalue weighted by Crippen LogP contribution is 2.29. The minimum atomic E-state index is -0.230. The van der Waals surface area contributed by atoms with Gasteiger partial charge in [0.25, 0.3) is 0 Å². The number of hydrogen-bond donors (Lipinski definition) is 1. The molecule has 0 amide bonds. The zero-order valence-corrected chi connectivity index (χ0v) is 11.0. The van der Waals surface area contributed by atoms with E-state index in [1.807, 2.05) is 13.0 Å². The van der Waals surface area contributed by atoms with Crippen molar-refractivity contribution in [3.8, 4) is 0 Å². The SMILES string of the molecule is CC(N)c1cc(F)ccc1N(C)C1CCOCC1. The number of rotatable bonds is 3. The van der Waals surface area contributed by atoms with Crippen LogP contribution < -0.4 is 10.6 Å². The van der Waals surface area contributed by atoms with E-state index in [-0.39, 0.29) is 11.9 Å². The summed E-state index contributed by atoms with van der Waals surface area (Å²) in [5.41, 5.74) is 7.82. The zero-order chi connectivity index (χ0) is 13.1. The summed E-state index contributed by atoms with van der Waals surface area (Å²) in [4.78, 5) is 2.21. The molecule has 0 aliphatic carbocycles. The Balaban J connectivity index is 2.25. The minimum absolute atomic E-state index is 0.169. The number of ether oxygens (including phenoxy) is 1. The molecule has 1 atom stereocenters. The van der Waals surface area contributed by atoms with Crippen molar-refractivity contribution in [1.29, 1.82) is 0 Å². The van der Waals surface area contributed by atoms with Gasteiger partial charge in [0.2, 0.25) is 0 Å². The summed E-state index contributed by atoms with van der Waals surface area (Å²) in [7, 11) is 2.05. The second-order valence-electron chi connectivity index (χ2n) is 4.95.